The van der Waals surface area contributed by atoms with Crippen LogP contribution in [-0.2, 0) is 19.4 Å². The van der Waals surface area contributed by atoms with Crippen LogP contribution in [0.1, 0.15) is 24.7 Å². The van der Waals surface area contributed by atoms with Gasteiger partial charge >= 0.3 is 0 Å². The lowest BCUT2D eigenvalue weighted by molar-refractivity contribution is 0.614. The number of benzene rings is 1. The highest BCUT2D eigenvalue weighted by Crippen LogP contribution is 2.11. The standard InChI is InChI=1S/C14H17ClN2/c1-2-14-16-9-11-17(14)10-3-4-12-5-7-13(15)8-6-12/h5-9,11H,2-4,10H2,1H3. The maximum atomic E-state index is 5.85. The first kappa shape index (κ1) is 12.2. The smallest absolute Gasteiger partial charge is 0.108 e. The van der Waals surface area contributed by atoms with Gasteiger partial charge in [0.2, 0.25) is 0 Å². The van der Waals surface area contributed by atoms with E-state index in [4.69, 9.17) is 11.6 Å². The van der Waals surface area contributed by atoms with Crippen molar-refractivity contribution in [2.24, 2.45) is 0 Å². The van der Waals surface area contributed by atoms with Crippen molar-refractivity contribution in [1.82, 2.24) is 9.55 Å². The van der Waals surface area contributed by atoms with Crippen LogP contribution in [0.25, 0.3) is 0 Å². The molecule has 1 aromatic heterocycles. The van der Waals surface area contributed by atoms with Gasteiger partial charge < -0.3 is 4.57 Å². The van der Waals surface area contributed by atoms with Crippen LogP contribution in [0.4, 0.5) is 0 Å². The van der Waals surface area contributed by atoms with E-state index in [0.717, 1.165) is 30.8 Å². The molecule has 2 nitrogen and oxygen atoms in total. The predicted octanol–water partition coefficient (Wildman–Crippen LogP) is 3.73. The summed E-state index contributed by atoms with van der Waals surface area (Å²) in [6.45, 7) is 3.17. The predicted molar refractivity (Wildman–Crippen MR) is 71.4 cm³/mol. The molecule has 0 saturated heterocycles. The van der Waals surface area contributed by atoms with Gasteiger partial charge in [-0.25, -0.2) is 4.98 Å². The maximum absolute atomic E-state index is 5.85. The third kappa shape index (κ3) is 3.34. The number of rotatable bonds is 5. The van der Waals surface area contributed by atoms with Crippen molar-refractivity contribution >= 4 is 11.6 Å². The summed E-state index contributed by atoms with van der Waals surface area (Å²) in [5.74, 6) is 1.17. The lowest BCUT2D eigenvalue weighted by atomic mass is 10.1. The van der Waals surface area contributed by atoms with E-state index >= 15 is 0 Å². The molecule has 0 radical (unpaired) electrons. The number of imidazole rings is 1. The lowest BCUT2D eigenvalue weighted by Gasteiger charge is -2.06. The molecule has 0 bridgehead atoms. The second-order valence-electron chi connectivity index (χ2n) is 4.12. The van der Waals surface area contributed by atoms with Gasteiger partial charge in [-0.15, -0.1) is 0 Å². The molecule has 17 heavy (non-hydrogen) atoms. The van der Waals surface area contributed by atoms with E-state index in [2.05, 4.69) is 34.8 Å². The molecule has 0 aliphatic carbocycles. The Morgan fingerprint density at radius 2 is 2.00 bits per heavy atom. The molecule has 1 heterocycles. The fourth-order valence-electron chi connectivity index (χ4n) is 1.96. The number of halogens is 1. The Morgan fingerprint density at radius 3 is 2.71 bits per heavy atom. The monoisotopic (exact) mass is 248 g/mol. The SMILES string of the molecule is CCc1nccn1CCCc1ccc(Cl)cc1. The molecule has 0 atom stereocenters. The summed E-state index contributed by atoms with van der Waals surface area (Å²) < 4.78 is 2.23. The van der Waals surface area contributed by atoms with Gasteiger partial charge in [-0.3, -0.25) is 0 Å². The molecule has 2 rings (SSSR count). The Bertz CT molecular complexity index is 459. The Balaban J connectivity index is 1.85. The van der Waals surface area contributed by atoms with Gasteiger partial charge in [-0.2, -0.15) is 0 Å². The minimum absolute atomic E-state index is 0.802. The maximum Gasteiger partial charge on any atom is 0.108 e. The molecule has 3 heteroatoms. The van der Waals surface area contributed by atoms with E-state index < -0.39 is 0 Å². The quantitative estimate of drug-likeness (QED) is 0.788. The van der Waals surface area contributed by atoms with Crippen LogP contribution in [0.15, 0.2) is 36.7 Å². The molecular formula is C14H17ClN2. The van der Waals surface area contributed by atoms with Crippen molar-refractivity contribution in [2.75, 3.05) is 0 Å². The minimum Gasteiger partial charge on any atom is -0.335 e. The van der Waals surface area contributed by atoms with Crippen LogP contribution in [0.2, 0.25) is 5.02 Å². The highest BCUT2D eigenvalue weighted by atomic mass is 35.5. The topological polar surface area (TPSA) is 17.8 Å². The highest BCUT2D eigenvalue weighted by Gasteiger charge is 2.00. The molecule has 0 spiro atoms. The molecule has 0 fully saturated rings. The van der Waals surface area contributed by atoms with Gasteiger partial charge in [0.25, 0.3) is 0 Å². The zero-order valence-corrected chi connectivity index (χ0v) is 10.8. The van der Waals surface area contributed by atoms with E-state index in [0.29, 0.717) is 0 Å². The van der Waals surface area contributed by atoms with Crippen molar-refractivity contribution in [3.8, 4) is 0 Å². The number of aryl methyl sites for hydroxylation is 3. The van der Waals surface area contributed by atoms with Crippen molar-refractivity contribution in [3.05, 3.63) is 53.1 Å². The molecule has 0 amide bonds. The Labute approximate surface area is 107 Å². The highest BCUT2D eigenvalue weighted by molar-refractivity contribution is 6.30. The first-order valence-electron chi connectivity index (χ1n) is 6.04. The van der Waals surface area contributed by atoms with Crippen molar-refractivity contribution in [3.63, 3.8) is 0 Å². The first-order valence-corrected chi connectivity index (χ1v) is 6.42. The third-order valence-corrected chi connectivity index (χ3v) is 3.15. The molecule has 0 saturated carbocycles. The molecular weight excluding hydrogens is 232 g/mol. The van der Waals surface area contributed by atoms with Crippen molar-refractivity contribution in [2.45, 2.75) is 32.7 Å². The molecule has 2 aromatic rings. The molecule has 0 aliphatic heterocycles. The number of nitrogens with zero attached hydrogens (tertiary/aromatic N) is 2. The van der Waals surface area contributed by atoms with Crippen LogP contribution in [-0.4, -0.2) is 9.55 Å². The van der Waals surface area contributed by atoms with E-state index in [1.165, 1.54) is 11.4 Å². The first-order chi connectivity index (χ1) is 8.29. The van der Waals surface area contributed by atoms with Crippen LogP contribution >= 0.6 is 11.6 Å². The molecule has 0 aliphatic rings. The third-order valence-electron chi connectivity index (χ3n) is 2.90. The van der Waals surface area contributed by atoms with Crippen LogP contribution in [0.5, 0.6) is 0 Å². The average molecular weight is 249 g/mol. The fraction of sp³-hybridized carbons (Fsp3) is 0.357. The molecule has 90 valence electrons. The molecule has 1 aromatic carbocycles. The van der Waals surface area contributed by atoms with Gasteiger partial charge in [0.15, 0.2) is 0 Å². The fourth-order valence-corrected chi connectivity index (χ4v) is 2.09. The summed E-state index contributed by atoms with van der Waals surface area (Å²) in [7, 11) is 0. The van der Waals surface area contributed by atoms with Gasteiger partial charge in [0.1, 0.15) is 5.82 Å². The zero-order chi connectivity index (χ0) is 12.1. The van der Waals surface area contributed by atoms with Crippen molar-refractivity contribution in [1.29, 1.82) is 0 Å². The van der Waals surface area contributed by atoms with Crippen LogP contribution < -0.4 is 0 Å². The summed E-state index contributed by atoms with van der Waals surface area (Å²) >= 11 is 5.85. The van der Waals surface area contributed by atoms with Crippen LogP contribution in [0.3, 0.4) is 0 Å². The van der Waals surface area contributed by atoms with Gasteiger partial charge in [0, 0.05) is 30.4 Å². The summed E-state index contributed by atoms with van der Waals surface area (Å²) in [5, 5.41) is 0.802. The van der Waals surface area contributed by atoms with E-state index in [1.54, 1.807) is 0 Å². The van der Waals surface area contributed by atoms with E-state index in [9.17, 15) is 0 Å². The Morgan fingerprint density at radius 1 is 1.24 bits per heavy atom. The van der Waals surface area contributed by atoms with Gasteiger partial charge in [-0.1, -0.05) is 30.7 Å². The number of hydrogen-bond acceptors (Lipinski definition) is 1. The second kappa shape index (κ2) is 5.87. The van der Waals surface area contributed by atoms with Crippen molar-refractivity contribution < 1.29 is 0 Å². The second-order valence-corrected chi connectivity index (χ2v) is 4.56. The molecule has 0 unspecified atom stereocenters. The van der Waals surface area contributed by atoms with Gasteiger partial charge in [-0.05, 0) is 30.5 Å². The largest absolute Gasteiger partial charge is 0.335 e. The molecule has 0 N–H and O–H groups in total. The Kier molecular flexibility index (Phi) is 4.21. The summed E-state index contributed by atoms with van der Waals surface area (Å²) in [6, 6.07) is 8.09. The van der Waals surface area contributed by atoms with Crippen LogP contribution in [0, 0.1) is 0 Å². The average Bonchev–Trinajstić information content (AvgIpc) is 2.79. The van der Waals surface area contributed by atoms with Gasteiger partial charge in [0.05, 0.1) is 0 Å². The Hall–Kier alpha value is -1.28. The zero-order valence-electron chi connectivity index (χ0n) is 10.1. The number of aromatic nitrogens is 2. The lowest BCUT2D eigenvalue weighted by Crippen LogP contribution is -2.03. The van der Waals surface area contributed by atoms with E-state index in [1.807, 2.05) is 18.3 Å². The summed E-state index contributed by atoms with van der Waals surface area (Å²) in [6.07, 6.45) is 7.14. The van der Waals surface area contributed by atoms with E-state index in [-0.39, 0.29) is 0 Å². The summed E-state index contributed by atoms with van der Waals surface area (Å²) in [5.41, 5.74) is 1.34. The normalized spacial score (nSPS) is 10.7. The number of hydrogen-bond donors (Lipinski definition) is 0. The minimum atomic E-state index is 0.802. The summed E-state index contributed by atoms with van der Waals surface area (Å²) in [4.78, 5) is 4.32.